The predicted octanol–water partition coefficient (Wildman–Crippen LogP) is 5.46. The van der Waals surface area contributed by atoms with Crippen LogP contribution in [0.1, 0.15) is 39.9 Å². The van der Waals surface area contributed by atoms with E-state index >= 15 is 0 Å². The summed E-state index contributed by atoms with van der Waals surface area (Å²) in [6, 6.07) is 20.1. The molecule has 2 N–H and O–H groups in total. The number of nitrogens with one attached hydrogen (secondary N) is 1. The number of aryl methyl sites for hydroxylation is 1. The summed E-state index contributed by atoms with van der Waals surface area (Å²) in [7, 11) is 2.03. The molecule has 43 heavy (non-hydrogen) atoms. The monoisotopic (exact) mass is 602 g/mol. The maximum absolute atomic E-state index is 13.2. The van der Waals surface area contributed by atoms with Crippen LogP contribution in [0.15, 0.2) is 80.4 Å². The van der Waals surface area contributed by atoms with Gasteiger partial charge in [-0.2, -0.15) is 4.98 Å². The van der Waals surface area contributed by atoms with Crippen molar-refractivity contribution in [3.05, 3.63) is 106 Å². The van der Waals surface area contributed by atoms with E-state index in [0.29, 0.717) is 41.3 Å². The number of hydrogen-bond acceptors (Lipinski definition) is 9. The number of esters is 1. The highest BCUT2D eigenvalue weighted by atomic mass is 31.0. The summed E-state index contributed by atoms with van der Waals surface area (Å²) in [5.74, 6) is -1.33. The number of benzene rings is 3. The van der Waals surface area contributed by atoms with Crippen molar-refractivity contribution >= 4 is 38.3 Å². The van der Waals surface area contributed by atoms with Crippen molar-refractivity contribution in [3.8, 4) is 17.1 Å². The second-order valence-corrected chi connectivity index (χ2v) is 9.86. The lowest BCUT2D eigenvalue weighted by molar-refractivity contribution is 0.0444. The first-order valence-corrected chi connectivity index (χ1v) is 13.6. The highest BCUT2D eigenvalue weighted by Crippen LogP contribution is 2.29. The molecule has 0 saturated carbocycles. The summed E-state index contributed by atoms with van der Waals surface area (Å²) >= 11 is 0. The molecule has 0 saturated heterocycles. The minimum Gasteiger partial charge on any atom is -0.465 e. The third-order valence-electron chi connectivity index (χ3n) is 6.63. The lowest BCUT2D eigenvalue weighted by atomic mass is 9.98. The van der Waals surface area contributed by atoms with Gasteiger partial charge >= 0.3 is 17.9 Å². The molecule has 220 valence electrons. The van der Waals surface area contributed by atoms with Crippen molar-refractivity contribution < 1.29 is 33.0 Å². The lowest BCUT2D eigenvalue weighted by Crippen LogP contribution is -2.26. The van der Waals surface area contributed by atoms with Gasteiger partial charge in [0.05, 0.1) is 29.7 Å². The molecular weight excluding hydrogens is 575 g/mol. The lowest BCUT2D eigenvalue weighted by Gasteiger charge is -2.17. The second-order valence-electron chi connectivity index (χ2n) is 9.34. The third-order valence-corrected chi connectivity index (χ3v) is 7.11. The third kappa shape index (κ3) is 6.05. The van der Waals surface area contributed by atoms with Crippen LogP contribution in [-0.4, -0.2) is 43.8 Å². The van der Waals surface area contributed by atoms with Gasteiger partial charge in [0, 0.05) is 5.56 Å². The van der Waals surface area contributed by atoms with Gasteiger partial charge < -0.3 is 23.4 Å². The van der Waals surface area contributed by atoms with Crippen molar-refractivity contribution in [2.75, 3.05) is 6.61 Å². The first-order valence-electron chi connectivity index (χ1n) is 13.1. The van der Waals surface area contributed by atoms with Gasteiger partial charge in [-0.15, -0.1) is 0 Å². The van der Waals surface area contributed by atoms with Gasteiger partial charge in [-0.25, -0.2) is 19.1 Å². The average molecular weight is 603 g/mol. The molecular formula is C30H27N4O8P. The number of fused-ring (bicyclic) bond motifs is 1. The number of nitrogens with zero attached hydrogens (tertiary/aromatic N) is 3. The fourth-order valence-electron chi connectivity index (χ4n) is 4.57. The van der Waals surface area contributed by atoms with Crippen molar-refractivity contribution in [2.45, 2.75) is 27.0 Å². The highest BCUT2D eigenvalue weighted by Gasteiger charge is 2.22. The van der Waals surface area contributed by atoms with Gasteiger partial charge in [-0.1, -0.05) is 54.6 Å². The number of ether oxygens (including phenoxy) is 2. The second kappa shape index (κ2) is 12.3. The summed E-state index contributed by atoms with van der Waals surface area (Å²) in [5, 5.41) is 17.7. The molecule has 0 aliphatic heterocycles. The van der Waals surface area contributed by atoms with Crippen molar-refractivity contribution in [1.82, 2.24) is 14.2 Å². The van der Waals surface area contributed by atoms with Crippen LogP contribution in [0.5, 0.6) is 6.01 Å². The van der Waals surface area contributed by atoms with Crippen LogP contribution in [0.3, 0.4) is 0 Å². The molecule has 0 fully saturated rings. The topological polar surface area (TPSA) is 161 Å². The highest BCUT2D eigenvalue weighted by molar-refractivity contribution is 7.16. The molecule has 1 atom stereocenters. The van der Waals surface area contributed by atoms with Crippen LogP contribution in [0.25, 0.3) is 22.2 Å². The zero-order valence-corrected chi connectivity index (χ0v) is 24.4. The zero-order chi connectivity index (χ0) is 30.7. The van der Waals surface area contributed by atoms with E-state index in [1.807, 2.05) is 52.7 Å². The van der Waals surface area contributed by atoms with E-state index in [2.05, 4.69) is 4.98 Å². The van der Waals surface area contributed by atoms with E-state index in [1.54, 1.807) is 41.8 Å². The van der Waals surface area contributed by atoms with Crippen molar-refractivity contribution in [1.29, 1.82) is 5.41 Å². The van der Waals surface area contributed by atoms with Crippen LogP contribution in [0.2, 0.25) is 0 Å². The predicted molar refractivity (Wildman–Crippen MR) is 159 cm³/mol. The Balaban J connectivity index is 1.46. The van der Waals surface area contributed by atoms with Crippen molar-refractivity contribution in [2.24, 2.45) is 0 Å². The van der Waals surface area contributed by atoms with Gasteiger partial charge in [0.15, 0.2) is 18.1 Å². The SMILES string of the molecule is CCOc1nc2cccc(C(=O)OCc3oc(=O)oc3C)c2n1Cc1ccc(-c2ccccc2C(=N)N(P)C(=O)O)cc1. The normalized spacial score (nSPS) is 11.0. The summed E-state index contributed by atoms with van der Waals surface area (Å²) in [6.07, 6.45) is -1.26. The van der Waals surface area contributed by atoms with Gasteiger partial charge in [-0.05, 0) is 52.1 Å². The summed E-state index contributed by atoms with van der Waals surface area (Å²) in [5.41, 5.74) is 4.12. The van der Waals surface area contributed by atoms with E-state index in [4.69, 9.17) is 23.7 Å². The Hall–Kier alpha value is -5.22. The average Bonchev–Trinajstić information content (AvgIpc) is 3.52. The number of carboxylic acid groups (broad SMARTS) is 1. The standard InChI is InChI=1S/C30H27N4O8P/c1-3-39-28-32-23-10-6-9-22(27(35)40-16-24-17(2)41-30(38)42-24)25(23)33(28)15-18-11-13-19(14-12-18)20-7-4-5-8-21(20)26(31)34(43)29(36)37/h4-14,31H,3,15-16,43H2,1-2H3,(H,36,37). The fraction of sp³-hybridized carbons (Fsp3) is 0.167. The molecule has 12 nitrogen and oxygen atoms in total. The number of aromatic nitrogens is 2. The smallest absolute Gasteiger partial charge is 0.465 e. The number of para-hydroxylation sites is 1. The number of rotatable bonds is 9. The van der Waals surface area contributed by atoms with Gasteiger partial charge in [-0.3, -0.25) is 9.98 Å². The van der Waals surface area contributed by atoms with Crippen LogP contribution in [0, 0.1) is 12.3 Å². The Labute approximate surface area is 247 Å². The quantitative estimate of drug-likeness (QED) is 0.0966. The molecule has 3 aromatic carbocycles. The summed E-state index contributed by atoms with van der Waals surface area (Å²) in [6.45, 7) is 3.76. The molecule has 0 spiro atoms. The largest absolute Gasteiger partial charge is 0.519 e. The number of carbonyl (C=O) groups excluding carboxylic acids is 1. The molecule has 2 heterocycles. The molecule has 0 bridgehead atoms. The maximum Gasteiger partial charge on any atom is 0.519 e. The van der Waals surface area contributed by atoms with E-state index in [0.717, 1.165) is 15.8 Å². The molecule has 1 amide bonds. The van der Waals surface area contributed by atoms with Crippen LogP contribution in [0.4, 0.5) is 4.79 Å². The Morgan fingerprint density at radius 3 is 2.44 bits per heavy atom. The van der Waals surface area contributed by atoms with E-state index in [-0.39, 0.29) is 29.5 Å². The molecule has 0 aliphatic rings. The fourth-order valence-corrected chi connectivity index (χ4v) is 4.71. The van der Waals surface area contributed by atoms with Crippen LogP contribution in [-0.2, 0) is 17.9 Å². The first-order chi connectivity index (χ1) is 20.7. The zero-order valence-electron chi connectivity index (χ0n) is 23.2. The number of amidine groups is 1. The number of carbonyl (C=O) groups is 2. The van der Waals surface area contributed by atoms with Gasteiger partial charge in [0.1, 0.15) is 5.84 Å². The summed E-state index contributed by atoms with van der Waals surface area (Å²) in [4.78, 5) is 40.5. The van der Waals surface area contributed by atoms with E-state index in [1.165, 1.54) is 0 Å². The molecule has 5 aromatic rings. The Morgan fingerprint density at radius 2 is 1.77 bits per heavy atom. The van der Waals surface area contributed by atoms with Crippen LogP contribution < -0.4 is 10.6 Å². The Kier molecular flexibility index (Phi) is 8.40. The molecule has 2 aromatic heterocycles. The molecule has 0 aliphatic carbocycles. The van der Waals surface area contributed by atoms with Crippen molar-refractivity contribution in [3.63, 3.8) is 0 Å². The molecule has 1 unspecified atom stereocenters. The minimum atomic E-state index is -1.26. The van der Waals surface area contributed by atoms with Gasteiger partial charge in [0.2, 0.25) is 0 Å². The summed E-state index contributed by atoms with van der Waals surface area (Å²) < 4.78 is 23.6. The number of amides is 1. The minimum absolute atomic E-state index is 0.124. The van der Waals surface area contributed by atoms with Crippen LogP contribution >= 0.6 is 9.39 Å². The molecule has 5 rings (SSSR count). The Morgan fingerprint density at radius 1 is 1.05 bits per heavy atom. The Bertz CT molecular complexity index is 1890. The maximum atomic E-state index is 13.2. The first kappa shape index (κ1) is 29.3. The van der Waals surface area contributed by atoms with E-state index < -0.39 is 17.9 Å². The van der Waals surface area contributed by atoms with Gasteiger partial charge in [0.25, 0.3) is 6.01 Å². The number of hydrogen-bond donors (Lipinski definition) is 2. The number of imidazole rings is 1. The molecule has 0 radical (unpaired) electrons. The van der Waals surface area contributed by atoms with E-state index in [9.17, 15) is 19.5 Å². The molecule has 13 heteroatoms.